The van der Waals surface area contributed by atoms with Crippen molar-refractivity contribution in [3.8, 4) is 0 Å². The average Bonchev–Trinajstić information content (AvgIpc) is 3.30. The Labute approximate surface area is 200 Å². The molecule has 3 aromatic rings. The van der Waals surface area contributed by atoms with Gasteiger partial charge in [-0.2, -0.15) is 11.8 Å². The normalized spacial score (nSPS) is 11.3. The number of carbonyl (C=O) groups is 1. The Hall–Kier alpha value is -1.71. The minimum Gasteiger partial charge on any atom is -0.351 e. The number of thioether (sulfide) groups is 1. The quantitative estimate of drug-likeness (QED) is 0.380. The van der Waals surface area contributed by atoms with Gasteiger partial charge < -0.3 is 5.32 Å². The third kappa shape index (κ3) is 6.17. The van der Waals surface area contributed by atoms with E-state index in [9.17, 15) is 13.2 Å². The van der Waals surface area contributed by atoms with Crippen LogP contribution in [0.25, 0.3) is 0 Å². The maximum Gasteiger partial charge on any atom is 0.273 e. The Balaban J connectivity index is 1.49. The molecule has 0 saturated heterocycles. The van der Waals surface area contributed by atoms with E-state index in [0.29, 0.717) is 27.8 Å². The predicted molar refractivity (Wildman–Crippen MR) is 131 cm³/mol. The molecule has 3 rings (SSSR count). The van der Waals surface area contributed by atoms with Crippen LogP contribution in [0.1, 0.15) is 15.9 Å². The lowest BCUT2D eigenvalue weighted by atomic mass is 10.2. The minimum absolute atomic E-state index is 0.208. The van der Waals surface area contributed by atoms with Gasteiger partial charge in [-0.15, -0.1) is 11.3 Å². The van der Waals surface area contributed by atoms with E-state index in [1.807, 2.05) is 6.07 Å². The molecule has 0 spiro atoms. The number of carbonyl (C=O) groups excluding carboxylic acids is 1. The van der Waals surface area contributed by atoms with Crippen LogP contribution in [0.4, 0.5) is 5.69 Å². The number of anilines is 1. The van der Waals surface area contributed by atoms with Gasteiger partial charge in [-0.1, -0.05) is 35.3 Å². The van der Waals surface area contributed by atoms with Gasteiger partial charge in [0.05, 0.1) is 5.69 Å². The summed E-state index contributed by atoms with van der Waals surface area (Å²) in [5, 5.41) is 5.82. The SMILES string of the molecule is CN(c1ccc(C(=O)NCCSCc2ccc(Cl)cc2Cl)cc1)S(=O)(=O)c1cccs1. The highest BCUT2D eigenvalue weighted by atomic mass is 35.5. The smallest absolute Gasteiger partial charge is 0.273 e. The van der Waals surface area contributed by atoms with Crippen LogP contribution in [-0.4, -0.2) is 33.7 Å². The lowest BCUT2D eigenvalue weighted by Crippen LogP contribution is -2.27. The molecule has 31 heavy (non-hydrogen) atoms. The Morgan fingerprint density at radius 3 is 2.52 bits per heavy atom. The Kier molecular flexibility index (Phi) is 8.30. The number of thiophene rings is 1. The zero-order valence-corrected chi connectivity index (χ0v) is 20.5. The fraction of sp³-hybridized carbons (Fsp3) is 0.190. The van der Waals surface area contributed by atoms with E-state index in [-0.39, 0.29) is 10.1 Å². The number of nitrogens with one attached hydrogen (secondary N) is 1. The lowest BCUT2D eigenvalue weighted by Gasteiger charge is -2.18. The number of amides is 1. The van der Waals surface area contributed by atoms with Gasteiger partial charge in [-0.25, -0.2) is 8.42 Å². The highest BCUT2D eigenvalue weighted by molar-refractivity contribution is 7.98. The predicted octanol–water partition coefficient (Wildman–Crippen LogP) is 5.54. The molecule has 0 aliphatic rings. The van der Waals surface area contributed by atoms with E-state index in [2.05, 4.69) is 5.32 Å². The van der Waals surface area contributed by atoms with Crippen molar-refractivity contribution < 1.29 is 13.2 Å². The van der Waals surface area contributed by atoms with Crippen molar-refractivity contribution in [1.82, 2.24) is 5.32 Å². The second-order valence-corrected chi connectivity index (χ2v) is 11.6. The summed E-state index contributed by atoms with van der Waals surface area (Å²) in [5.41, 5.74) is 1.95. The molecule has 0 unspecified atom stereocenters. The van der Waals surface area contributed by atoms with E-state index in [1.54, 1.807) is 65.7 Å². The molecule has 0 saturated carbocycles. The molecule has 10 heteroatoms. The van der Waals surface area contributed by atoms with Gasteiger partial charge in [-0.3, -0.25) is 9.10 Å². The van der Waals surface area contributed by atoms with E-state index >= 15 is 0 Å². The number of sulfonamides is 1. The first-order valence-electron chi connectivity index (χ1n) is 9.21. The van der Waals surface area contributed by atoms with Crippen LogP contribution in [0.3, 0.4) is 0 Å². The number of benzene rings is 2. The minimum atomic E-state index is -3.60. The summed E-state index contributed by atoms with van der Waals surface area (Å²) < 4.78 is 26.7. The van der Waals surface area contributed by atoms with Crippen molar-refractivity contribution in [2.24, 2.45) is 0 Å². The van der Waals surface area contributed by atoms with Gasteiger partial charge in [0, 0.05) is 40.7 Å². The van der Waals surface area contributed by atoms with E-state index in [1.165, 1.54) is 11.4 Å². The number of rotatable bonds is 9. The molecule has 0 radical (unpaired) electrons. The molecule has 0 fully saturated rings. The van der Waals surface area contributed by atoms with Crippen molar-refractivity contribution in [2.45, 2.75) is 9.96 Å². The number of halogens is 2. The summed E-state index contributed by atoms with van der Waals surface area (Å²) in [6.07, 6.45) is 0. The van der Waals surface area contributed by atoms with Crippen molar-refractivity contribution >= 4 is 67.9 Å². The van der Waals surface area contributed by atoms with Crippen LogP contribution >= 0.6 is 46.3 Å². The first-order chi connectivity index (χ1) is 14.8. The van der Waals surface area contributed by atoms with Gasteiger partial charge in [0.15, 0.2) is 0 Å². The van der Waals surface area contributed by atoms with E-state index < -0.39 is 10.0 Å². The van der Waals surface area contributed by atoms with Gasteiger partial charge >= 0.3 is 0 Å². The maximum absolute atomic E-state index is 12.6. The average molecular weight is 516 g/mol. The summed E-state index contributed by atoms with van der Waals surface area (Å²) in [4.78, 5) is 12.3. The van der Waals surface area contributed by atoms with Crippen molar-refractivity contribution in [2.75, 3.05) is 23.7 Å². The standard InChI is InChI=1S/C21H20Cl2N2O3S3/c1-25(31(27,28)20-3-2-11-30-20)18-8-5-15(6-9-18)21(26)24-10-12-29-14-16-4-7-17(22)13-19(16)23/h2-9,11,13H,10,12,14H2,1H3,(H,24,26). The van der Waals surface area contributed by atoms with Crippen LogP contribution in [0.5, 0.6) is 0 Å². The van der Waals surface area contributed by atoms with Gasteiger partial charge in [0.25, 0.3) is 15.9 Å². The monoisotopic (exact) mass is 514 g/mol. The van der Waals surface area contributed by atoms with Crippen LogP contribution in [0.15, 0.2) is 64.2 Å². The van der Waals surface area contributed by atoms with Crippen molar-refractivity contribution in [3.63, 3.8) is 0 Å². The van der Waals surface area contributed by atoms with Crippen molar-refractivity contribution in [1.29, 1.82) is 0 Å². The molecule has 1 amide bonds. The number of hydrogen-bond donors (Lipinski definition) is 1. The molecule has 0 aliphatic heterocycles. The zero-order chi connectivity index (χ0) is 22.4. The third-order valence-corrected chi connectivity index (χ3v) is 9.16. The topological polar surface area (TPSA) is 66.5 Å². The van der Waals surface area contributed by atoms with E-state index in [0.717, 1.165) is 28.4 Å². The Morgan fingerprint density at radius 1 is 1.13 bits per heavy atom. The van der Waals surface area contributed by atoms with Gasteiger partial charge in [0.1, 0.15) is 4.21 Å². The van der Waals surface area contributed by atoms with Crippen molar-refractivity contribution in [3.05, 3.63) is 81.1 Å². The van der Waals surface area contributed by atoms with Crippen LogP contribution in [0, 0.1) is 0 Å². The summed E-state index contributed by atoms with van der Waals surface area (Å²) in [7, 11) is -2.10. The fourth-order valence-electron chi connectivity index (χ4n) is 2.67. The van der Waals surface area contributed by atoms with Gasteiger partial charge in [-0.05, 0) is 53.4 Å². The molecule has 5 nitrogen and oxygen atoms in total. The van der Waals surface area contributed by atoms with Crippen LogP contribution in [0.2, 0.25) is 10.0 Å². The number of hydrogen-bond acceptors (Lipinski definition) is 5. The highest BCUT2D eigenvalue weighted by Crippen LogP contribution is 2.26. The molecule has 0 atom stereocenters. The molecule has 164 valence electrons. The summed E-state index contributed by atoms with van der Waals surface area (Å²) in [5.74, 6) is 1.25. The third-order valence-electron chi connectivity index (χ3n) is 4.41. The van der Waals surface area contributed by atoms with Crippen LogP contribution in [-0.2, 0) is 15.8 Å². The van der Waals surface area contributed by atoms with E-state index in [4.69, 9.17) is 23.2 Å². The van der Waals surface area contributed by atoms with Gasteiger partial charge in [0.2, 0.25) is 0 Å². The first kappa shape index (κ1) is 23.9. The first-order valence-corrected chi connectivity index (χ1v) is 13.4. The molecular weight excluding hydrogens is 495 g/mol. The Bertz CT molecular complexity index is 1140. The largest absolute Gasteiger partial charge is 0.351 e. The summed E-state index contributed by atoms with van der Waals surface area (Å²) in [6, 6.07) is 15.2. The maximum atomic E-state index is 12.6. The molecule has 1 N–H and O–H groups in total. The fourth-order valence-corrected chi connectivity index (χ4v) is 6.44. The molecule has 1 heterocycles. The molecule has 0 aliphatic carbocycles. The summed E-state index contributed by atoms with van der Waals surface area (Å²) in [6.45, 7) is 0.503. The number of nitrogens with zero attached hydrogens (tertiary/aromatic N) is 1. The zero-order valence-electron chi connectivity index (χ0n) is 16.5. The summed E-state index contributed by atoms with van der Waals surface area (Å²) >= 11 is 14.9. The molecule has 2 aromatic carbocycles. The molecule has 1 aromatic heterocycles. The second-order valence-electron chi connectivity index (χ2n) is 6.50. The second kappa shape index (κ2) is 10.7. The lowest BCUT2D eigenvalue weighted by molar-refractivity contribution is 0.0956. The molecular formula is C21H20Cl2N2O3S3. The van der Waals surface area contributed by atoms with Crippen LogP contribution < -0.4 is 9.62 Å². The molecule has 0 bridgehead atoms. The Morgan fingerprint density at radius 2 is 1.87 bits per heavy atom. The highest BCUT2D eigenvalue weighted by Gasteiger charge is 2.22.